The zero-order valence-electron chi connectivity index (χ0n) is 15.5. The fourth-order valence-electron chi connectivity index (χ4n) is 3.74. The first-order chi connectivity index (χ1) is 13.9. The Bertz CT molecular complexity index is 1050. The molecule has 29 heavy (non-hydrogen) atoms. The Morgan fingerprint density at radius 1 is 1.24 bits per heavy atom. The topological polar surface area (TPSA) is 78.9 Å². The van der Waals surface area contributed by atoms with Gasteiger partial charge in [0.1, 0.15) is 17.4 Å². The van der Waals surface area contributed by atoms with Crippen LogP contribution in [0.1, 0.15) is 23.6 Å². The SMILES string of the molecule is COc1ccc2c(c1)C(NC(=O)C1=C(O)C(=O)N(c3ccc(F)cc3F)C1)CC2. The largest absolute Gasteiger partial charge is 0.503 e. The summed E-state index contributed by atoms with van der Waals surface area (Å²) >= 11 is 0. The summed E-state index contributed by atoms with van der Waals surface area (Å²) in [7, 11) is 1.56. The monoisotopic (exact) mass is 400 g/mol. The van der Waals surface area contributed by atoms with Crippen LogP contribution in [0.4, 0.5) is 14.5 Å². The van der Waals surface area contributed by atoms with Crippen molar-refractivity contribution in [2.24, 2.45) is 0 Å². The van der Waals surface area contributed by atoms with E-state index in [1.165, 1.54) is 0 Å². The quantitative estimate of drug-likeness (QED) is 0.827. The number of hydrogen-bond acceptors (Lipinski definition) is 4. The highest BCUT2D eigenvalue weighted by Gasteiger charge is 2.37. The number of carbonyl (C=O) groups is 2. The molecule has 1 aliphatic heterocycles. The molecular weight excluding hydrogens is 382 g/mol. The highest BCUT2D eigenvalue weighted by atomic mass is 19.1. The van der Waals surface area contributed by atoms with Crippen LogP contribution >= 0.6 is 0 Å². The van der Waals surface area contributed by atoms with Gasteiger partial charge in [0.15, 0.2) is 5.76 Å². The molecule has 1 aliphatic carbocycles. The summed E-state index contributed by atoms with van der Waals surface area (Å²) in [5.41, 5.74) is 1.65. The minimum atomic E-state index is -0.954. The maximum absolute atomic E-state index is 14.0. The number of amides is 2. The summed E-state index contributed by atoms with van der Waals surface area (Å²) in [4.78, 5) is 26.0. The third kappa shape index (κ3) is 3.30. The van der Waals surface area contributed by atoms with Gasteiger partial charge in [-0.15, -0.1) is 0 Å². The van der Waals surface area contributed by atoms with E-state index in [1.807, 2.05) is 18.2 Å². The minimum absolute atomic E-state index is 0.157. The molecule has 1 atom stereocenters. The van der Waals surface area contributed by atoms with E-state index in [1.54, 1.807) is 7.11 Å². The van der Waals surface area contributed by atoms with Crippen LogP contribution in [0.3, 0.4) is 0 Å². The lowest BCUT2D eigenvalue weighted by Gasteiger charge is -2.18. The number of fused-ring (bicyclic) bond motifs is 1. The van der Waals surface area contributed by atoms with Crippen LogP contribution in [0.15, 0.2) is 47.7 Å². The van der Waals surface area contributed by atoms with E-state index in [4.69, 9.17) is 4.74 Å². The van der Waals surface area contributed by atoms with Crippen molar-refractivity contribution in [3.63, 3.8) is 0 Å². The number of nitrogens with zero attached hydrogens (tertiary/aromatic N) is 1. The van der Waals surface area contributed by atoms with E-state index in [2.05, 4.69) is 5.32 Å². The van der Waals surface area contributed by atoms with Crippen LogP contribution < -0.4 is 15.0 Å². The van der Waals surface area contributed by atoms with Crippen molar-refractivity contribution in [2.45, 2.75) is 18.9 Å². The van der Waals surface area contributed by atoms with E-state index in [0.717, 1.165) is 34.6 Å². The highest BCUT2D eigenvalue weighted by molar-refractivity contribution is 6.14. The number of aliphatic hydroxyl groups excluding tert-OH is 1. The summed E-state index contributed by atoms with van der Waals surface area (Å²) in [6.45, 7) is -0.309. The maximum atomic E-state index is 14.0. The summed E-state index contributed by atoms with van der Waals surface area (Å²) in [5.74, 6) is -3.33. The summed E-state index contributed by atoms with van der Waals surface area (Å²) < 4.78 is 32.4. The van der Waals surface area contributed by atoms with Crippen molar-refractivity contribution in [3.8, 4) is 5.75 Å². The number of aryl methyl sites for hydroxylation is 1. The van der Waals surface area contributed by atoms with Gasteiger partial charge in [0.25, 0.3) is 11.8 Å². The molecule has 6 nitrogen and oxygen atoms in total. The van der Waals surface area contributed by atoms with Crippen molar-refractivity contribution in [2.75, 3.05) is 18.6 Å². The number of aliphatic hydroxyl groups is 1. The average Bonchev–Trinajstić information content (AvgIpc) is 3.23. The Morgan fingerprint density at radius 2 is 2.03 bits per heavy atom. The molecule has 2 N–H and O–H groups in total. The minimum Gasteiger partial charge on any atom is -0.503 e. The third-order valence-electron chi connectivity index (χ3n) is 5.26. The Morgan fingerprint density at radius 3 is 2.76 bits per heavy atom. The number of ether oxygens (including phenoxy) is 1. The summed E-state index contributed by atoms with van der Waals surface area (Å²) in [6, 6.07) is 8.08. The van der Waals surface area contributed by atoms with Crippen LogP contribution in [0.5, 0.6) is 5.75 Å². The molecule has 0 saturated carbocycles. The lowest BCUT2D eigenvalue weighted by Crippen LogP contribution is -2.32. The lowest BCUT2D eigenvalue weighted by molar-refractivity contribution is -0.119. The van der Waals surface area contributed by atoms with Gasteiger partial charge in [-0.05, 0) is 48.2 Å². The second-order valence-electron chi connectivity index (χ2n) is 6.94. The number of methoxy groups -OCH3 is 1. The van der Waals surface area contributed by atoms with Gasteiger partial charge in [0.05, 0.1) is 31.0 Å². The van der Waals surface area contributed by atoms with Crippen molar-refractivity contribution in [3.05, 3.63) is 70.5 Å². The number of anilines is 1. The standard InChI is InChI=1S/C21H18F2N2O4/c1-29-13-5-2-11-3-6-17(14(11)9-13)24-20(27)15-10-25(21(28)19(15)26)18-7-4-12(22)8-16(18)23/h2,4-5,7-9,17,26H,3,6,10H2,1H3,(H,24,27). The second kappa shape index (κ2) is 7.20. The van der Waals surface area contributed by atoms with Crippen molar-refractivity contribution >= 4 is 17.5 Å². The molecule has 0 saturated heterocycles. The number of benzene rings is 2. The van der Waals surface area contributed by atoms with Gasteiger partial charge in [-0.2, -0.15) is 0 Å². The average molecular weight is 400 g/mol. The Hall–Kier alpha value is -3.42. The van der Waals surface area contributed by atoms with Gasteiger partial charge < -0.3 is 15.2 Å². The van der Waals surface area contributed by atoms with Crippen LogP contribution in [0.2, 0.25) is 0 Å². The number of nitrogens with one attached hydrogen (secondary N) is 1. The van der Waals surface area contributed by atoms with Crippen molar-refractivity contribution in [1.82, 2.24) is 5.32 Å². The van der Waals surface area contributed by atoms with E-state index in [0.29, 0.717) is 18.2 Å². The zero-order chi connectivity index (χ0) is 20.7. The molecule has 2 aromatic rings. The molecule has 4 rings (SSSR count). The fourth-order valence-corrected chi connectivity index (χ4v) is 3.74. The molecule has 0 spiro atoms. The molecule has 2 amide bonds. The van der Waals surface area contributed by atoms with Gasteiger partial charge >= 0.3 is 0 Å². The normalized spacial score (nSPS) is 18.2. The molecule has 1 unspecified atom stereocenters. The zero-order valence-corrected chi connectivity index (χ0v) is 15.5. The Kier molecular flexibility index (Phi) is 4.70. The lowest BCUT2D eigenvalue weighted by atomic mass is 10.1. The number of hydrogen-bond donors (Lipinski definition) is 2. The van der Waals surface area contributed by atoms with Gasteiger partial charge in [0, 0.05) is 6.07 Å². The molecule has 0 bridgehead atoms. The van der Waals surface area contributed by atoms with E-state index >= 15 is 0 Å². The molecule has 2 aliphatic rings. The smallest absolute Gasteiger partial charge is 0.294 e. The fraction of sp³-hybridized carbons (Fsp3) is 0.238. The van der Waals surface area contributed by atoms with Crippen LogP contribution in [-0.4, -0.2) is 30.6 Å². The van der Waals surface area contributed by atoms with Gasteiger partial charge in [0.2, 0.25) is 0 Å². The van der Waals surface area contributed by atoms with Gasteiger partial charge in [-0.1, -0.05) is 6.07 Å². The number of rotatable bonds is 4. The number of carbonyl (C=O) groups excluding carboxylic acids is 2. The van der Waals surface area contributed by atoms with E-state index in [-0.39, 0.29) is 23.8 Å². The summed E-state index contributed by atoms with van der Waals surface area (Å²) in [5, 5.41) is 13.0. The molecule has 0 fully saturated rings. The van der Waals surface area contributed by atoms with Crippen LogP contribution in [0.25, 0.3) is 0 Å². The van der Waals surface area contributed by atoms with Crippen molar-refractivity contribution in [1.29, 1.82) is 0 Å². The Labute approximate surface area is 165 Å². The first kappa shape index (κ1) is 18.9. The molecule has 0 radical (unpaired) electrons. The molecular formula is C21H18F2N2O4. The first-order valence-electron chi connectivity index (χ1n) is 9.05. The molecule has 150 valence electrons. The molecule has 8 heteroatoms. The van der Waals surface area contributed by atoms with Gasteiger partial charge in [-0.3, -0.25) is 14.5 Å². The predicted octanol–water partition coefficient (Wildman–Crippen LogP) is 2.94. The Balaban J connectivity index is 1.54. The second-order valence-corrected chi connectivity index (χ2v) is 6.94. The van der Waals surface area contributed by atoms with E-state index in [9.17, 15) is 23.5 Å². The van der Waals surface area contributed by atoms with Gasteiger partial charge in [-0.25, -0.2) is 8.78 Å². The highest BCUT2D eigenvalue weighted by Crippen LogP contribution is 2.34. The van der Waals surface area contributed by atoms with Crippen LogP contribution in [0, 0.1) is 11.6 Å². The number of halogens is 2. The molecule has 1 heterocycles. The van der Waals surface area contributed by atoms with E-state index < -0.39 is 29.2 Å². The predicted molar refractivity (Wildman–Crippen MR) is 101 cm³/mol. The molecule has 0 aromatic heterocycles. The van der Waals surface area contributed by atoms with Crippen LogP contribution in [-0.2, 0) is 16.0 Å². The maximum Gasteiger partial charge on any atom is 0.294 e. The summed E-state index contributed by atoms with van der Waals surface area (Å²) in [6.07, 6.45) is 1.45. The third-order valence-corrected chi connectivity index (χ3v) is 5.26. The molecule has 2 aromatic carbocycles. The first-order valence-corrected chi connectivity index (χ1v) is 9.05. The van der Waals surface area contributed by atoms with Crippen molar-refractivity contribution < 1.29 is 28.2 Å².